The third kappa shape index (κ3) is 2.74. The molecule has 0 saturated carbocycles. The number of hydrogen-bond donors (Lipinski definition) is 1. The lowest BCUT2D eigenvalue weighted by molar-refractivity contribution is 0.605. The normalized spacial score (nSPS) is 14.3. The second kappa shape index (κ2) is 5.75. The maximum absolute atomic E-state index is 12.7. The summed E-state index contributed by atoms with van der Waals surface area (Å²) in [5.74, 6) is 0.307. The highest BCUT2D eigenvalue weighted by atomic mass is 79.9. The van der Waals surface area contributed by atoms with Gasteiger partial charge in [-0.3, -0.25) is 9.12 Å². The summed E-state index contributed by atoms with van der Waals surface area (Å²) in [4.78, 5) is 4.70. The number of nitrogens with zero attached hydrogens (tertiary/aromatic N) is 2. The number of fused-ring (bicyclic) bond motifs is 2. The predicted octanol–water partition coefficient (Wildman–Crippen LogP) is 3.83. The van der Waals surface area contributed by atoms with E-state index >= 15 is 0 Å². The third-order valence-electron chi connectivity index (χ3n) is 4.04. The number of sulfonamides is 1. The van der Waals surface area contributed by atoms with Crippen molar-refractivity contribution in [3.63, 3.8) is 0 Å². The number of rotatable bonds is 3. The molecule has 0 spiro atoms. The molecule has 0 unspecified atom stereocenters. The molecular weight excluding hydrogens is 390 g/mol. The van der Waals surface area contributed by atoms with Gasteiger partial charge in [-0.2, -0.15) is 0 Å². The maximum Gasteiger partial charge on any atom is 0.259 e. The van der Waals surface area contributed by atoms with Crippen molar-refractivity contribution < 1.29 is 8.42 Å². The molecule has 5 nitrogen and oxygen atoms in total. The molecule has 0 aliphatic heterocycles. The Morgan fingerprint density at radius 3 is 2.75 bits per heavy atom. The Morgan fingerprint density at radius 1 is 1.08 bits per heavy atom. The van der Waals surface area contributed by atoms with Crippen LogP contribution in [0.1, 0.15) is 17.5 Å². The number of nitrogens with one attached hydrogen (secondary N) is 1. The Hall–Kier alpha value is -2.12. The smallest absolute Gasteiger partial charge is 0.259 e. The minimum absolute atomic E-state index is 0.307. The highest BCUT2D eigenvalue weighted by Crippen LogP contribution is 2.28. The number of halogens is 1. The predicted molar refractivity (Wildman–Crippen MR) is 98.2 cm³/mol. The van der Waals surface area contributed by atoms with Crippen molar-refractivity contribution in [1.82, 2.24) is 9.38 Å². The molecule has 1 N–H and O–H groups in total. The van der Waals surface area contributed by atoms with E-state index in [2.05, 4.69) is 25.6 Å². The molecule has 1 aliphatic carbocycles. The summed E-state index contributed by atoms with van der Waals surface area (Å²) in [5.41, 5.74) is 2.81. The van der Waals surface area contributed by atoms with Crippen LogP contribution in [0, 0.1) is 0 Å². The van der Waals surface area contributed by atoms with E-state index < -0.39 is 10.0 Å². The molecule has 4 rings (SSSR count). The summed E-state index contributed by atoms with van der Waals surface area (Å²) in [6.45, 7) is 0. The Bertz CT molecular complexity index is 1070. The standard InChI is InChI=1S/C17H14BrN3O2S/c18-15-6-3-7-17-19-16(11-21(15)17)20-24(22,23)14-9-8-12-4-1-2-5-13(12)10-14/h1-7,10-11,20H,8-9H2. The first-order chi connectivity index (χ1) is 11.5. The van der Waals surface area contributed by atoms with Crippen molar-refractivity contribution in [1.29, 1.82) is 0 Å². The number of anilines is 1. The number of aryl methyl sites for hydroxylation is 1. The van der Waals surface area contributed by atoms with Crippen LogP contribution in [0.15, 0.2) is 58.2 Å². The molecule has 2 aromatic heterocycles. The largest absolute Gasteiger partial charge is 0.292 e. The molecule has 1 aromatic carbocycles. The van der Waals surface area contributed by atoms with Crippen LogP contribution in [0.25, 0.3) is 11.7 Å². The lowest BCUT2D eigenvalue weighted by Gasteiger charge is -2.16. The molecule has 0 atom stereocenters. The van der Waals surface area contributed by atoms with Gasteiger partial charge in [0.05, 0.1) is 15.7 Å². The van der Waals surface area contributed by atoms with Gasteiger partial charge in [0.2, 0.25) is 0 Å². The van der Waals surface area contributed by atoms with Crippen molar-refractivity contribution in [3.05, 3.63) is 69.3 Å². The van der Waals surface area contributed by atoms with E-state index in [4.69, 9.17) is 0 Å². The van der Waals surface area contributed by atoms with Crippen molar-refractivity contribution >= 4 is 43.5 Å². The van der Waals surface area contributed by atoms with Gasteiger partial charge in [-0.1, -0.05) is 30.3 Å². The fraction of sp³-hybridized carbons (Fsp3) is 0.118. The Balaban J connectivity index is 1.68. The zero-order valence-corrected chi connectivity index (χ0v) is 15.0. The van der Waals surface area contributed by atoms with E-state index in [0.717, 1.165) is 16.6 Å². The first-order valence-electron chi connectivity index (χ1n) is 7.48. The molecule has 0 fully saturated rings. The quantitative estimate of drug-likeness (QED) is 0.675. The van der Waals surface area contributed by atoms with Gasteiger partial charge in [-0.25, -0.2) is 13.4 Å². The molecule has 2 heterocycles. The van der Waals surface area contributed by atoms with Crippen LogP contribution in [0.5, 0.6) is 0 Å². The van der Waals surface area contributed by atoms with Crippen LogP contribution >= 0.6 is 15.9 Å². The number of aromatic nitrogens is 2. The number of imidazole rings is 1. The number of hydrogen-bond acceptors (Lipinski definition) is 3. The summed E-state index contributed by atoms with van der Waals surface area (Å²) in [6.07, 6.45) is 4.62. The molecule has 1 aliphatic rings. The zero-order valence-electron chi connectivity index (χ0n) is 12.6. The van der Waals surface area contributed by atoms with Gasteiger partial charge in [0.1, 0.15) is 5.65 Å². The van der Waals surface area contributed by atoms with Gasteiger partial charge in [0, 0.05) is 0 Å². The first kappa shape index (κ1) is 15.4. The average molecular weight is 404 g/mol. The summed E-state index contributed by atoms with van der Waals surface area (Å²) < 4.78 is 30.5. The molecule has 7 heteroatoms. The Labute approximate surface area is 148 Å². The summed E-state index contributed by atoms with van der Waals surface area (Å²) >= 11 is 3.42. The van der Waals surface area contributed by atoms with Crippen LogP contribution in [0.2, 0.25) is 0 Å². The Kier molecular flexibility index (Phi) is 3.69. The molecular formula is C17H14BrN3O2S. The lowest BCUT2D eigenvalue weighted by Crippen LogP contribution is -2.17. The van der Waals surface area contributed by atoms with Crippen molar-refractivity contribution in [2.75, 3.05) is 4.72 Å². The number of allylic oxidation sites excluding steroid dienone is 1. The van der Waals surface area contributed by atoms with E-state index in [1.807, 2.05) is 42.5 Å². The molecule has 24 heavy (non-hydrogen) atoms. The highest BCUT2D eigenvalue weighted by Gasteiger charge is 2.22. The average Bonchev–Trinajstić information content (AvgIpc) is 2.97. The van der Waals surface area contributed by atoms with Crippen LogP contribution < -0.4 is 4.72 Å². The van der Waals surface area contributed by atoms with Crippen LogP contribution in [-0.4, -0.2) is 17.8 Å². The molecule has 0 amide bonds. The van der Waals surface area contributed by atoms with E-state index in [1.165, 1.54) is 5.56 Å². The van der Waals surface area contributed by atoms with Gasteiger partial charge in [-0.15, -0.1) is 0 Å². The Morgan fingerprint density at radius 2 is 1.92 bits per heavy atom. The summed E-state index contributed by atoms with van der Waals surface area (Å²) in [6, 6.07) is 13.4. The fourth-order valence-corrected chi connectivity index (χ4v) is 4.44. The van der Waals surface area contributed by atoms with Crippen molar-refractivity contribution in [3.8, 4) is 0 Å². The number of benzene rings is 1. The van der Waals surface area contributed by atoms with Crippen molar-refractivity contribution in [2.24, 2.45) is 0 Å². The molecule has 0 radical (unpaired) electrons. The van der Waals surface area contributed by atoms with Crippen LogP contribution in [0.4, 0.5) is 5.82 Å². The topological polar surface area (TPSA) is 63.5 Å². The van der Waals surface area contributed by atoms with Gasteiger partial charge in [0.25, 0.3) is 10.0 Å². The summed E-state index contributed by atoms with van der Waals surface area (Å²) in [5, 5.41) is 0. The maximum atomic E-state index is 12.7. The SMILES string of the molecule is O=S(=O)(Nc1cn2c(Br)cccc2n1)C1=Cc2ccccc2CC1. The lowest BCUT2D eigenvalue weighted by atomic mass is 9.98. The van der Waals surface area contributed by atoms with E-state index in [1.54, 1.807) is 16.7 Å². The second-order valence-electron chi connectivity index (χ2n) is 5.62. The van der Waals surface area contributed by atoms with Gasteiger partial charge in [0.15, 0.2) is 5.82 Å². The van der Waals surface area contributed by atoms with Gasteiger partial charge >= 0.3 is 0 Å². The molecule has 0 saturated heterocycles. The van der Waals surface area contributed by atoms with Crippen LogP contribution in [0.3, 0.4) is 0 Å². The monoisotopic (exact) mass is 403 g/mol. The first-order valence-corrected chi connectivity index (χ1v) is 9.75. The third-order valence-corrected chi connectivity index (χ3v) is 6.18. The van der Waals surface area contributed by atoms with E-state index in [0.29, 0.717) is 22.8 Å². The van der Waals surface area contributed by atoms with Crippen LogP contribution in [-0.2, 0) is 16.4 Å². The van der Waals surface area contributed by atoms with E-state index in [9.17, 15) is 8.42 Å². The zero-order chi connectivity index (χ0) is 16.7. The summed E-state index contributed by atoms with van der Waals surface area (Å²) in [7, 11) is -3.62. The van der Waals surface area contributed by atoms with Gasteiger partial charge in [-0.05, 0) is 58.1 Å². The second-order valence-corrected chi connectivity index (χ2v) is 8.17. The minimum Gasteiger partial charge on any atom is -0.292 e. The molecule has 122 valence electrons. The minimum atomic E-state index is -3.62. The highest BCUT2D eigenvalue weighted by molar-refractivity contribution is 9.10. The van der Waals surface area contributed by atoms with Crippen molar-refractivity contribution in [2.45, 2.75) is 12.8 Å². The number of pyridine rings is 1. The molecule has 0 bridgehead atoms. The molecule has 3 aromatic rings. The fourth-order valence-electron chi connectivity index (χ4n) is 2.85. The van der Waals surface area contributed by atoms with E-state index in [-0.39, 0.29) is 0 Å². The van der Waals surface area contributed by atoms with Gasteiger partial charge < -0.3 is 0 Å².